The molecule has 1 aliphatic heterocycles. The van der Waals surface area contributed by atoms with Gasteiger partial charge in [-0.3, -0.25) is 4.90 Å². The molecule has 5 nitrogen and oxygen atoms in total. The van der Waals surface area contributed by atoms with Gasteiger partial charge in [0.2, 0.25) is 0 Å². The van der Waals surface area contributed by atoms with E-state index in [-0.39, 0.29) is 17.7 Å². The van der Waals surface area contributed by atoms with E-state index in [1.54, 1.807) is 24.3 Å². The maximum atomic E-state index is 13.4. The van der Waals surface area contributed by atoms with Gasteiger partial charge in [0.15, 0.2) is 5.76 Å². The van der Waals surface area contributed by atoms with Gasteiger partial charge in [-0.25, -0.2) is 8.78 Å². The van der Waals surface area contributed by atoms with E-state index in [0.717, 1.165) is 54.4 Å². The molecule has 2 aromatic carbocycles. The van der Waals surface area contributed by atoms with Crippen LogP contribution in [0.15, 0.2) is 53.1 Å². The van der Waals surface area contributed by atoms with Crippen LogP contribution in [0.5, 0.6) is 0 Å². The van der Waals surface area contributed by atoms with Gasteiger partial charge < -0.3 is 14.2 Å². The molecule has 1 aromatic heterocycles. The summed E-state index contributed by atoms with van der Waals surface area (Å²) < 4.78 is 38.4. The molecule has 2 heterocycles. The first-order valence-corrected chi connectivity index (χ1v) is 11.0. The maximum absolute atomic E-state index is 13.4. The molecule has 1 saturated heterocycles. The van der Waals surface area contributed by atoms with Gasteiger partial charge >= 0.3 is 0 Å². The molecule has 1 aliphatic rings. The Morgan fingerprint density at radius 1 is 1.00 bits per heavy atom. The first-order valence-electron chi connectivity index (χ1n) is 11.0. The summed E-state index contributed by atoms with van der Waals surface area (Å²) >= 11 is 0. The molecule has 0 radical (unpaired) electrons. The number of aromatic nitrogens is 1. The van der Waals surface area contributed by atoms with Crippen molar-refractivity contribution in [3.05, 3.63) is 82.7 Å². The van der Waals surface area contributed by atoms with Gasteiger partial charge in [0, 0.05) is 32.2 Å². The predicted molar refractivity (Wildman–Crippen MR) is 120 cm³/mol. The fourth-order valence-electron chi connectivity index (χ4n) is 4.41. The molecule has 1 unspecified atom stereocenters. The van der Waals surface area contributed by atoms with E-state index in [1.165, 1.54) is 24.3 Å². The maximum Gasteiger partial charge on any atom is 0.157 e. The first kappa shape index (κ1) is 22.4. The second kappa shape index (κ2) is 9.79. The van der Waals surface area contributed by atoms with Crippen molar-refractivity contribution in [2.24, 2.45) is 0 Å². The molecule has 32 heavy (non-hydrogen) atoms. The molecule has 4 rings (SSSR count). The van der Waals surface area contributed by atoms with E-state index in [1.807, 2.05) is 13.8 Å². The molecule has 3 aromatic rings. The van der Waals surface area contributed by atoms with Crippen molar-refractivity contribution in [1.29, 1.82) is 0 Å². The van der Waals surface area contributed by atoms with Crippen molar-refractivity contribution >= 4 is 5.69 Å². The van der Waals surface area contributed by atoms with Gasteiger partial charge in [-0.2, -0.15) is 0 Å². The van der Waals surface area contributed by atoms with Crippen molar-refractivity contribution in [2.75, 3.05) is 37.7 Å². The number of hydrogen-bond donors (Lipinski definition) is 0. The third kappa shape index (κ3) is 5.00. The molecular formula is C25H29F2N3O2. The molecule has 0 bridgehead atoms. The van der Waals surface area contributed by atoms with Crippen molar-refractivity contribution in [3.8, 4) is 0 Å². The number of aryl methyl sites for hydroxylation is 2. The second-order valence-corrected chi connectivity index (χ2v) is 8.36. The highest BCUT2D eigenvalue weighted by molar-refractivity contribution is 5.53. The summed E-state index contributed by atoms with van der Waals surface area (Å²) in [6, 6.07) is 12.9. The standard InChI is InChI=1S/C25H29F2N3O2/c1-17-16-30(24-18(2)28-32-19(24)3)13-12-29(17)14-15-31-25(20-4-8-22(26)9-5-20)21-6-10-23(27)11-7-21/h4-11,17,25H,12-16H2,1-3H3. The third-order valence-electron chi connectivity index (χ3n) is 6.09. The number of benzene rings is 2. The lowest BCUT2D eigenvalue weighted by Gasteiger charge is -2.40. The van der Waals surface area contributed by atoms with E-state index in [4.69, 9.17) is 9.26 Å². The van der Waals surface area contributed by atoms with E-state index < -0.39 is 0 Å². The van der Waals surface area contributed by atoms with Crippen LogP contribution in [0.3, 0.4) is 0 Å². The van der Waals surface area contributed by atoms with Crippen LogP contribution in [0.4, 0.5) is 14.5 Å². The van der Waals surface area contributed by atoms with Crippen molar-refractivity contribution in [2.45, 2.75) is 32.9 Å². The normalized spacial score (nSPS) is 17.3. The van der Waals surface area contributed by atoms with Crippen LogP contribution in [0.25, 0.3) is 0 Å². The summed E-state index contributed by atoms with van der Waals surface area (Å²) in [5.74, 6) is 0.265. The molecule has 1 atom stereocenters. The highest BCUT2D eigenvalue weighted by Gasteiger charge is 2.27. The fraction of sp³-hybridized carbons (Fsp3) is 0.400. The Morgan fingerprint density at radius 2 is 1.59 bits per heavy atom. The summed E-state index contributed by atoms with van der Waals surface area (Å²) in [5, 5.41) is 4.08. The first-order chi connectivity index (χ1) is 15.4. The Labute approximate surface area is 187 Å². The lowest BCUT2D eigenvalue weighted by molar-refractivity contribution is 0.0487. The number of halogens is 2. The van der Waals surface area contributed by atoms with Crippen LogP contribution >= 0.6 is 0 Å². The van der Waals surface area contributed by atoms with Crippen molar-refractivity contribution < 1.29 is 18.0 Å². The van der Waals surface area contributed by atoms with Crippen molar-refractivity contribution in [1.82, 2.24) is 10.1 Å². The largest absolute Gasteiger partial charge is 0.367 e. The number of piperazine rings is 1. The summed E-state index contributed by atoms with van der Waals surface area (Å²) in [5.41, 5.74) is 3.71. The van der Waals surface area contributed by atoms with E-state index in [0.29, 0.717) is 12.6 Å². The summed E-state index contributed by atoms with van der Waals surface area (Å²) in [4.78, 5) is 4.74. The van der Waals surface area contributed by atoms with Gasteiger partial charge in [0.05, 0.1) is 6.61 Å². The minimum Gasteiger partial charge on any atom is -0.367 e. The van der Waals surface area contributed by atoms with Crippen LogP contribution in [0, 0.1) is 25.5 Å². The second-order valence-electron chi connectivity index (χ2n) is 8.36. The molecule has 0 N–H and O–H groups in total. The zero-order valence-corrected chi connectivity index (χ0v) is 18.7. The Hall–Kier alpha value is -2.77. The van der Waals surface area contributed by atoms with Gasteiger partial charge in [0.1, 0.15) is 29.1 Å². The minimum absolute atomic E-state index is 0.295. The fourth-order valence-corrected chi connectivity index (χ4v) is 4.41. The Kier molecular flexibility index (Phi) is 6.86. The van der Waals surface area contributed by atoms with E-state index in [9.17, 15) is 8.78 Å². The highest BCUT2D eigenvalue weighted by Crippen LogP contribution is 2.28. The van der Waals surface area contributed by atoms with Gasteiger partial charge in [-0.15, -0.1) is 0 Å². The quantitative estimate of drug-likeness (QED) is 0.522. The molecule has 0 aliphatic carbocycles. The summed E-state index contributed by atoms with van der Waals surface area (Å²) in [6.45, 7) is 10.1. The number of hydrogen-bond acceptors (Lipinski definition) is 5. The number of anilines is 1. The van der Waals surface area contributed by atoms with Gasteiger partial charge in [0.25, 0.3) is 0 Å². The number of rotatable bonds is 7. The lowest BCUT2D eigenvalue weighted by Crippen LogP contribution is -2.53. The van der Waals surface area contributed by atoms with Gasteiger partial charge in [-0.05, 0) is 56.2 Å². The van der Waals surface area contributed by atoms with Gasteiger partial charge in [-0.1, -0.05) is 29.4 Å². The molecule has 0 amide bonds. The topological polar surface area (TPSA) is 41.7 Å². The van der Waals surface area contributed by atoms with Crippen LogP contribution < -0.4 is 4.90 Å². The number of ether oxygens (including phenoxy) is 1. The van der Waals surface area contributed by atoms with Crippen molar-refractivity contribution in [3.63, 3.8) is 0 Å². The molecule has 170 valence electrons. The number of nitrogens with zero attached hydrogens (tertiary/aromatic N) is 3. The SMILES string of the molecule is Cc1noc(C)c1N1CCN(CCOC(c2ccc(F)cc2)c2ccc(F)cc2)C(C)C1. The van der Waals surface area contributed by atoms with Crippen LogP contribution in [-0.2, 0) is 4.74 Å². The molecule has 7 heteroatoms. The molecule has 0 saturated carbocycles. The van der Waals surface area contributed by atoms with Crippen LogP contribution in [0.2, 0.25) is 0 Å². The molecule has 1 fully saturated rings. The highest BCUT2D eigenvalue weighted by atomic mass is 19.1. The minimum atomic E-state index is -0.380. The summed E-state index contributed by atoms with van der Waals surface area (Å²) in [6.07, 6.45) is -0.380. The zero-order chi connectivity index (χ0) is 22.7. The summed E-state index contributed by atoms with van der Waals surface area (Å²) in [7, 11) is 0. The monoisotopic (exact) mass is 441 g/mol. The third-order valence-corrected chi connectivity index (χ3v) is 6.09. The predicted octanol–water partition coefficient (Wildman–Crippen LogP) is 4.89. The zero-order valence-electron chi connectivity index (χ0n) is 18.7. The average Bonchev–Trinajstić information content (AvgIpc) is 3.12. The van der Waals surface area contributed by atoms with Crippen LogP contribution in [-0.4, -0.2) is 48.9 Å². The van der Waals surface area contributed by atoms with E-state index >= 15 is 0 Å². The molecular weight excluding hydrogens is 412 g/mol. The van der Waals surface area contributed by atoms with Crippen LogP contribution in [0.1, 0.15) is 35.6 Å². The average molecular weight is 442 g/mol. The lowest BCUT2D eigenvalue weighted by atomic mass is 10.0. The Bertz CT molecular complexity index is 956. The Morgan fingerprint density at radius 3 is 2.09 bits per heavy atom. The van der Waals surface area contributed by atoms with E-state index in [2.05, 4.69) is 21.9 Å². The Balaban J connectivity index is 1.39. The molecule has 0 spiro atoms. The smallest absolute Gasteiger partial charge is 0.157 e.